The third-order valence-corrected chi connectivity index (χ3v) is 5.20. The van der Waals surface area contributed by atoms with E-state index in [4.69, 9.17) is 4.99 Å². The number of hydrogen-bond donors (Lipinski definition) is 1. The average molecular weight is 270 g/mol. The highest BCUT2D eigenvalue weighted by atomic mass is 32.2. The van der Waals surface area contributed by atoms with Crippen LogP contribution >= 0.6 is 11.8 Å². The molecular weight excluding hydrogens is 240 g/mol. The second-order valence-corrected chi connectivity index (χ2v) is 6.38. The molecule has 0 aliphatic carbocycles. The van der Waals surface area contributed by atoms with E-state index in [0.29, 0.717) is 11.6 Å². The van der Waals surface area contributed by atoms with Crippen LogP contribution in [0.4, 0.5) is 0 Å². The summed E-state index contributed by atoms with van der Waals surface area (Å²) in [5, 5.41) is 4.88. The molecule has 1 atom stereocenters. The highest BCUT2D eigenvalue weighted by Gasteiger charge is 2.33. The van der Waals surface area contributed by atoms with Gasteiger partial charge in [0.1, 0.15) is 0 Å². The van der Waals surface area contributed by atoms with E-state index in [2.05, 4.69) is 33.0 Å². The van der Waals surface area contributed by atoms with Crippen molar-refractivity contribution in [2.24, 2.45) is 4.99 Å². The molecular formula is C15H30N2S. The van der Waals surface area contributed by atoms with Gasteiger partial charge in [-0.1, -0.05) is 58.7 Å². The van der Waals surface area contributed by atoms with Gasteiger partial charge in [-0.2, -0.15) is 0 Å². The Morgan fingerprint density at radius 2 is 1.89 bits per heavy atom. The monoisotopic (exact) mass is 270 g/mol. The average Bonchev–Trinajstić information content (AvgIpc) is 2.80. The Hall–Kier alpha value is -0.180. The van der Waals surface area contributed by atoms with Gasteiger partial charge in [-0.25, -0.2) is 0 Å². The largest absolute Gasteiger partial charge is 0.359 e. The third-order valence-electron chi connectivity index (χ3n) is 4.02. The minimum Gasteiger partial charge on any atom is -0.359 e. The molecule has 0 bridgehead atoms. The molecule has 2 nitrogen and oxygen atoms in total. The Balaban J connectivity index is 2.58. The van der Waals surface area contributed by atoms with Crippen molar-refractivity contribution in [1.82, 2.24) is 5.32 Å². The predicted molar refractivity (Wildman–Crippen MR) is 84.6 cm³/mol. The van der Waals surface area contributed by atoms with Crippen molar-refractivity contribution in [2.75, 3.05) is 5.75 Å². The van der Waals surface area contributed by atoms with Crippen molar-refractivity contribution in [3.8, 4) is 0 Å². The smallest absolute Gasteiger partial charge is 0.157 e. The van der Waals surface area contributed by atoms with Gasteiger partial charge in [0.25, 0.3) is 0 Å². The molecule has 1 fully saturated rings. The van der Waals surface area contributed by atoms with Gasteiger partial charge in [-0.05, 0) is 25.7 Å². The molecule has 1 aliphatic heterocycles. The van der Waals surface area contributed by atoms with Crippen LogP contribution < -0.4 is 5.32 Å². The van der Waals surface area contributed by atoms with E-state index in [1.54, 1.807) is 0 Å². The first-order chi connectivity index (χ1) is 8.69. The predicted octanol–water partition coefficient (Wildman–Crippen LogP) is 4.60. The number of rotatable bonds is 8. The van der Waals surface area contributed by atoms with E-state index in [0.717, 1.165) is 0 Å². The van der Waals surface area contributed by atoms with Crippen molar-refractivity contribution >= 4 is 16.9 Å². The second kappa shape index (κ2) is 8.08. The molecule has 0 amide bonds. The second-order valence-electron chi connectivity index (χ2n) is 5.42. The lowest BCUT2D eigenvalue weighted by molar-refractivity contribution is 0.406. The highest BCUT2D eigenvalue weighted by Crippen LogP contribution is 2.29. The highest BCUT2D eigenvalue weighted by molar-refractivity contribution is 8.14. The van der Waals surface area contributed by atoms with Gasteiger partial charge < -0.3 is 5.32 Å². The number of amidine groups is 1. The minimum atomic E-state index is 0.311. The molecule has 1 aliphatic rings. The van der Waals surface area contributed by atoms with Crippen LogP contribution in [0, 0.1) is 0 Å². The number of hydrogen-bond acceptors (Lipinski definition) is 2. The zero-order valence-electron chi connectivity index (χ0n) is 12.6. The maximum Gasteiger partial charge on any atom is 0.157 e. The molecule has 1 N–H and O–H groups in total. The van der Waals surface area contributed by atoms with Crippen LogP contribution in [0.15, 0.2) is 4.99 Å². The Morgan fingerprint density at radius 1 is 1.17 bits per heavy atom. The standard InChI is InChI=1S/C15H30N2S/c1-5-9-11-13(10-6-2)16-14-17-15(7-3,8-4)12-18-14/h13H,5-12H2,1-4H3,(H,16,17). The summed E-state index contributed by atoms with van der Waals surface area (Å²) in [6.07, 6.45) is 8.70. The molecule has 0 spiro atoms. The molecule has 0 saturated carbocycles. The Kier molecular flexibility index (Phi) is 7.13. The van der Waals surface area contributed by atoms with Gasteiger partial charge in [0.05, 0.1) is 6.04 Å². The summed E-state index contributed by atoms with van der Waals surface area (Å²) in [6, 6.07) is 0.537. The van der Waals surface area contributed by atoms with E-state index >= 15 is 0 Å². The van der Waals surface area contributed by atoms with E-state index in [1.165, 1.54) is 55.9 Å². The van der Waals surface area contributed by atoms with Crippen molar-refractivity contribution in [3.05, 3.63) is 0 Å². The fraction of sp³-hybridized carbons (Fsp3) is 0.933. The molecule has 3 heteroatoms. The first kappa shape index (κ1) is 15.9. The lowest BCUT2D eigenvalue weighted by Crippen LogP contribution is -2.42. The van der Waals surface area contributed by atoms with Gasteiger partial charge in [-0.3, -0.25) is 4.99 Å². The summed E-state index contributed by atoms with van der Waals surface area (Å²) >= 11 is 1.93. The number of nitrogens with one attached hydrogen (secondary N) is 1. The van der Waals surface area contributed by atoms with Crippen LogP contribution in [0.25, 0.3) is 0 Å². The molecule has 1 saturated heterocycles. The van der Waals surface area contributed by atoms with Crippen LogP contribution in [0.3, 0.4) is 0 Å². The first-order valence-corrected chi connectivity index (χ1v) is 8.67. The summed E-state index contributed by atoms with van der Waals surface area (Å²) < 4.78 is 0. The van der Waals surface area contributed by atoms with Gasteiger partial charge in [0.15, 0.2) is 5.17 Å². The van der Waals surface area contributed by atoms with Crippen LogP contribution in [0.2, 0.25) is 0 Å². The maximum absolute atomic E-state index is 4.96. The topological polar surface area (TPSA) is 24.4 Å². The van der Waals surface area contributed by atoms with Crippen molar-refractivity contribution in [3.63, 3.8) is 0 Å². The molecule has 1 rings (SSSR count). The molecule has 0 aromatic carbocycles. The number of thioether (sulfide) groups is 1. The van der Waals surface area contributed by atoms with Crippen molar-refractivity contribution in [1.29, 1.82) is 0 Å². The molecule has 18 heavy (non-hydrogen) atoms. The quantitative estimate of drug-likeness (QED) is 0.697. The van der Waals surface area contributed by atoms with Gasteiger partial charge in [0.2, 0.25) is 0 Å². The van der Waals surface area contributed by atoms with E-state index < -0.39 is 0 Å². The van der Waals surface area contributed by atoms with Crippen LogP contribution in [0.5, 0.6) is 0 Å². The van der Waals surface area contributed by atoms with Crippen molar-refractivity contribution < 1.29 is 0 Å². The van der Waals surface area contributed by atoms with Gasteiger partial charge in [0, 0.05) is 11.3 Å². The summed E-state index contributed by atoms with van der Waals surface area (Å²) in [7, 11) is 0. The maximum atomic E-state index is 4.96. The van der Waals surface area contributed by atoms with Crippen molar-refractivity contribution in [2.45, 2.75) is 84.2 Å². The lowest BCUT2D eigenvalue weighted by Gasteiger charge is -2.25. The van der Waals surface area contributed by atoms with Gasteiger partial charge >= 0.3 is 0 Å². The van der Waals surface area contributed by atoms with Crippen LogP contribution in [-0.2, 0) is 0 Å². The first-order valence-electron chi connectivity index (χ1n) is 7.68. The molecule has 106 valence electrons. The Morgan fingerprint density at radius 3 is 2.39 bits per heavy atom. The Labute approximate surface area is 117 Å². The van der Waals surface area contributed by atoms with Gasteiger partial charge in [-0.15, -0.1) is 0 Å². The zero-order chi connectivity index (χ0) is 13.4. The fourth-order valence-electron chi connectivity index (χ4n) is 2.42. The number of unbranched alkanes of at least 4 members (excludes halogenated alkanes) is 1. The summed E-state index contributed by atoms with van der Waals surface area (Å²) in [5.41, 5.74) is 0.311. The summed E-state index contributed by atoms with van der Waals surface area (Å²) in [5.74, 6) is 1.19. The van der Waals surface area contributed by atoms with E-state index in [-0.39, 0.29) is 0 Å². The Bertz CT molecular complexity index is 259. The molecule has 0 aromatic rings. The van der Waals surface area contributed by atoms with Crippen LogP contribution in [-0.4, -0.2) is 22.5 Å². The summed E-state index contributed by atoms with van der Waals surface area (Å²) in [4.78, 5) is 4.96. The lowest BCUT2D eigenvalue weighted by atomic mass is 9.96. The molecule has 0 aromatic heterocycles. The zero-order valence-corrected chi connectivity index (χ0v) is 13.4. The van der Waals surface area contributed by atoms with Crippen LogP contribution in [0.1, 0.15) is 72.6 Å². The number of aliphatic imine (C=N–C) groups is 1. The van der Waals surface area contributed by atoms with E-state index in [9.17, 15) is 0 Å². The number of nitrogens with zero attached hydrogens (tertiary/aromatic N) is 1. The normalized spacial score (nSPS) is 22.1. The van der Waals surface area contributed by atoms with E-state index in [1.807, 2.05) is 11.8 Å². The molecule has 1 unspecified atom stereocenters. The SMILES string of the molecule is CCCCC(CCC)N=C1NC(CC)(CC)CS1. The third kappa shape index (κ3) is 4.49. The summed E-state index contributed by atoms with van der Waals surface area (Å²) in [6.45, 7) is 9.08. The fourth-order valence-corrected chi connectivity index (χ4v) is 3.82. The minimum absolute atomic E-state index is 0.311. The molecule has 0 radical (unpaired) electrons. The molecule has 1 heterocycles.